The zero-order valence-corrected chi connectivity index (χ0v) is 13.4. The predicted octanol–water partition coefficient (Wildman–Crippen LogP) is 2.68. The number of amides is 1. The molecule has 3 rings (SSSR count). The molecule has 1 aromatic carbocycles. The van der Waals surface area contributed by atoms with Crippen molar-refractivity contribution in [3.05, 3.63) is 57.2 Å². The van der Waals surface area contributed by atoms with Crippen LogP contribution in [0.5, 0.6) is 0 Å². The molecule has 0 saturated carbocycles. The molecule has 2 heterocycles. The molecule has 0 aliphatic carbocycles. The van der Waals surface area contributed by atoms with E-state index in [-0.39, 0.29) is 16.8 Å². The summed E-state index contributed by atoms with van der Waals surface area (Å²) in [6.07, 6.45) is 2.27. The minimum absolute atomic E-state index is 0.140. The van der Waals surface area contributed by atoms with Crippen LogP contribution in [0.3, 0.4) is 0 Å². The second kappa shape index (κ2) is 6.62. The fourth-order valence-electron chi connectivity index (χ4n) is 2.58. The first kappa shape index (κ1) is 15.2. The van der Waals surface area contributed by atoms with Gasteiger partial charge in [0.25, 0.3) is 5.91 Å². The number of imidazole rings is 1. The van der Waals surface area contributed by atoms with Gasteiger partial charge in [0.05, 0.1) is 0 Å². The van der Waals surface area contributed by atoms with E-state index in [4.69, 9.17) is 11.6 Å². The number of H-pyrrole nitrogens is 2. The minimum Gasteiger partial charge on any atom is -0.336 e. The van der Waals surface area contributed by atoms with Crippen LogP contribution in [0, 0.1) is 0 Å². The summed E-state index contributed by atoms with van der Waals surface area (Å²) in [6, 6.07) is 7.85. The molecule has 7 heteroatoms. The van der Waals surface area contributed by atoms with Crippen LogP contribution in [-0.4, -0.2) is 39.6 Å². The van der Waals surface area contributed by atoms with Gasteiger partial charge < -0.3 is 14.9 Å². The zero-order valence-electron chi connectivity index (χ0n) is 11.8. The number of aromatic amines is 2. The molecular weight excluding hydrogens is 322 g/mol. The van der Waals surface area contributed by atoms with Crippen molar-refractivity contribution in [2.75, 3.05) is 18.8 Å². The van der Waals surface area contributed by atoms with E-state index in [1.54, 1.807) is 4.90 Å². The van der Waals surface area contributed by atoms with Crippen molar-refractivity contribution in [3.63, 3.8) is 0 Å². The summed E-state index contributed by atoms with van der Waals surface area (Å²) in [5, 5.41) is 1.06. The molecule has 0 unspecified atom stereocenters. The molecule has 0 spiro atoms. The zero-order chi connectivity index (χ0) is 15.5. The number of aromatic nitrogens is 2. The van der Waals surface area contributed by atoms with E-state index in [0.29, 0.717) is 18.8 Å². The van der Waals surface area contributed by atoms with Crippen LogP contribution >= 0.6 is 23.4 Å². The van der Waals surface area contributed by atoms with E-state index >= 15 is 0 Å². The molecule has 22 heavy (non-hydrogen) atoms. The van der Waals surface area contributed by atoms with Gasteiger partial charge in [-0.1, -0.05) is 29.8 Å². The topological polar surface area (TPSA) is 69.0 Å². The number of rotatable bonds is 2. The van der Waals surface area contributed by atoms with Gasteiger partial charge in [-0.15, -0.1) is 0 Å². The van der Waals surface area contributed by atoms with E-state index < -0.39 is 0 Å². The molecule has 2 aromatic rings. The first-order valence-corrected chi connectivity index (χ1v) is 8.51. The van der Waals surface area contributed by atoms with Gasteiger partial charge >= 0.3 is 5.69 Å². The van der Waals surface area contributed by atoms with Crippen LogP contribution in [-0.2, 0) is 0 Å². The van der Waals surface area contributed by atoms with E-state index in [0.717, 1.165) is 22.8 Å². The lowest BCUT2D eigenvalue weighted by Crippen LogP contribution is -2.33. The highest BCUT2D eigenvalue weighted by molar-refractivity contribution is 7.99. The van der Waals surface area contributed by atoms with Crippen LogP contribution in [0.4, 0.5) is 0 Å². The van der Waals surface area contributed by atoms with Crippen molar-refractivity contribution in [3.8, 4) is 0 Å². The third kappa shape index (κ3) is 3.23. The predicted molar refractivity (Wildman–Crippen MR) is 88.6 cm³/mol. The molecule has 1 atom stereocenters. The molecule has 1 aliphatic rings. The van der Waals surface area contributed by atoms with Crippen molar-refractivity contribution >= 4 is 29.3 Å². The van der Waals surface area contributed by atoms with Gasteiger partial charge in [-0.05, 0) is 18.1 Å². The number of nitrogens with one attached hydrogen (secondary N) is 2. The maximum Gasteiger partial charge on any atom is 0.323 e. The molecule has 116 valence electrons. The Balaban J connectivity index is 1.71. The van der Waals surface area contributed by atoms with Gasteiger partial charge in [-0.25, -0.2) is 4.79 Å². The maximum atomic E-state index is 12.4. The first-order valence-electron chi connectivity index (χ1n) is 7.08. The third-order valence-corrected chi connectivity index (χ3v) is 5.36. The molecular formula is C15H16ClN3O2S. The van der Waals surface area contributed by atoms with Gasteiger partial charge in [-0.3, -0.25) is 4.79 Å². The smallest absolute Gasteiger partial charge is 0.323 e. The van der Waals surface area contributed by atoms with E-state index in [2.05, 4.69) is 9.97 Å². The lowest BCUT2D eigenvalue weighted by molar-refractivity contribution is 0.0761. The number of benzene rings is 1. The van der Waals surface area contributed by atoms with Crippen LogP contribution in [0.15, 0.2) is 35.3 Å². The Labute approximate surface area is 137 Å². The largest absolute Gasteiger partial charge is 0.336 e. The van der Waals surface area contributed by atoms with Crippen LogP contribution in [0.1, 0.15) is 27.7 Å². The number of carbonyl (C=O) groups excluding carboxylic acids is 1. The van der Waals surface area contributed by atoms with Crippen LogP contribution < -0.4 is 5.69 Å². The fourth-order valence-corrected chi connectivity index (χ4v) is 4.18. The third-order valence-electron chi connectivity index (χ3n) is 3.71. The number of thioether (sulfide) groups is 1. The monoisotopic (exact) mass is 337 g/mol. The second-order valence-corrected chi connectivity index (χ2v) is 6.84. The Hall–Kier alpha value is -1.66. The average molecular weight is 338 g/mol. The molecule has 1 saturated heterocycles. The molecule has 5 nitrogen and oxygen atoms in total. The summed E-state index contributed by atoms with van der Waals surface area (Å²) < 4.78 is 0. The number of nitrogens with zero attached hydrogens (tertiary/aromatic N) is 1. The number of hydrogen-bond donors (Lipinski definition) is 2. The molecule has 0 radical (unpaired) electrons. The van der Waals surface area contributed by atoms with Gasteiger partial charge in [0.2, 0.25) is 0 Å². The Morgan fingerprint density at radius 2 is 2.14 bits per heavy atom. The number of carbonyl (C=O) groups is 1. The molecule has 1 aromatic heterocycles. The molecule has 2 N–H and O–H groups in total. The van der Waals surface area contributed by atoms with Gasteiger partial charge in [0, 0.05) is 35.3 Å². The Morgan fingerprint density at radius 1 is 1.32 bits per heavy atom. The number of halogens is 1. The highest BCUT2D eigenvalue weighted by Crippen LogP contribution is 2.37. The molecule has 1 fully saturated rings. The highest BCUT2D eigenvalue weighted by Gasteiger charge is 2.24. The number of hydrogen-bond acceptors (Lipinski definition) is 3. The second-order valence-electron chi connectivity index (χ2n) is 5.12. The summed E-state index contributed by atoms with van der Waals surface area (Å²) in [7, 11) is 0. The van der Waals surface area contributed by atoms with Crippen molar-refractivity contribution in [2.45, 2.75) is 11.7 Å². The normalized spacial score (nSPS) is 19.0. The van der Waals surface area contributed by atoms with Crippen LogP contribution in [0.25, 0.3) is 0 Å². The van der Waals surface area contributed by atoms with Crippen molar-refractivity contribution in [1.29, 1.82) is 0 Å². The fraction of sp³-hybridized carbons (Fsp3) is 0.333. The summed E-state index contributed by atoms with van der Waals surface area (Å²) >= 11 is 8.09. The SMILES string of the molecule is O=C(c1c[nH]c(=O)[nH]1)N1CCS[C@@H](c2ccccc2Cl)CC1. The standard InChI is InChI=1S/C15H16ClN3O2S/c16-11-4-2-1-3-10(11)13-5-6-19(7-8-22-13)14(20)12-9-17-15(21)18-12/h1-4,9,13H,5-8H2,(H2,17,18,21)/t13-/m1/s1. The van der Waals surface area contributed by atoms with E-state index in [1.165, 1.54) is 6.20 Å². The summed E-state index contributed by atoms with van der Waals surface area (Å²) in [5.41, 5.74) is 1.08. The highest BCUT2D eigenvalue weighted by atomic mass is 35.5. The van der Waals surface area contributed by atoms with E-state index in [9.17, 15) is 9.59 Å². The van der Waals surface area contributed by atoms with Crippen molar-refractivity contribution in [2.24, 2.45) is 0 Å². The Morgan fingerprint density at radius 3 is 2.86 bits per heavy atom. The molecule has 0 bridgehead atoms. The molecule has 1 amide bonds. The van der Waals surface area contributed by atoms with Crippen molar-refractivity contribution in [1.82, 2.24) is 14.9 Å². The van der Waals surface area contributed by atoms with E-state index in [1.807, 2.05) is 36.0 Å². The quantitative estimate of drug-likeness (QED) is 0.885. The van der Waals surface area contributed by atoms with Crippen molar-refractivity contribution < 1.29 is 4.79 Å². The van der Waals surface area contributed by atoms with Crippen LogP contribution in [0.2, 0.25) is 5.02 Å². The minimum atomic E-state index is -0.360. The summed E-state index contributed by atoms with van der Waals surface area (Å²) in [4.78, 5) is 30.3. The lowest BCUT2D eigenvalue weighted by Gasteiger charge is -2.19. The molecule has 1 aliphatic heterocycles. The summed E-state index contributed by atoms with van der Waals surface area (Å²) in [6.45, 7) is 1.31. The van der Waals surface area contributed by atoms with Gasteiger partial charge in [0.15, 0.2) is 0 Å². The summed E-state index contributed by atoms with van der Waals surface area (Å²) in [5.74, 6) is 0.703. The van der Waals surface area contributed by atoms with Gasteiger partial charge in [0.1, 0.15) is 5.69 Å². The van der Waals surface area contributed by atoms with Gasteiger partial charge in [-0.2, -0.15) is 11.8 Å². The lowest BCUT2D eigenvalue weighted by atomic mass is 10.1. The Bertz CT molecular complexity index is 727. The average Bonchev–Trinajstić information content (AvgIpc) is 2.81. The maximum absolute atomic E-state index is 12.4. The Kier molecular flexibility index (Phi) is 4.59. The first-order chi connectivity index (χ1) is 10.6.